The molecule has 35 heavy (non-hydrogen) atoms. The van der Waals surface area contributed by atoms with E-state index in [1.807, 2.05) is 12.1 Å². The third-order valence-electron chi connectivity index (χ3n) is 7.03. The number of likely N-dealkylation sites (tertiary alicyclic amines) is 2. The summed E-state index contributed by atoms with van der Waals surface area (Å²) < 4.78 is 5.94. The van der Waals surface area contributed by atoms with Crippen molar-refractivity contribution in [1.29, 1.82) is 0 Å². The van der Waals surface area contributed by atoms with Crippen LogP contribution in [0.1, 0.15) is 53.0 Å². The zero-order chi connectivity index (χ0) is 24.4. The highest BCUT2D eigenvalue weighted by atomic mass is 16.6. The summed E-state index contributed by atoms with van der Waals surface area (Å²) in [4.78, 5) is 41.2. The maximum atomic E-state index is 13.5. The Hall–Kier alpha value is -3.72. The number of non-ortho nitro benzene ring substituents is 1. The molecule has 2 aliphatic rings. The van der Waals surface area contributed by atoms with Crippen molar-refractivity contribution in [3.63, 3.8) is 0 Å². The third-order valence-corrected chi connectivity index (χ3v) is 7.03. The standard InChI is InChI=1S/C26H28N4O5/c31-25(18-8-10-20(11-9-18)30(33)34)27-23-21-6-2-3-7-22(21)35-24(23)26(32)29-16-12-19(13-17-29)28-14-4-1-5-15-28/h2-3,6-11,19H,1,4-5,12-17H2,(H,27,31). The molecule has 0 radical (unpaired) electrons. The van der Waals surface area contributed by atoms with Crippen LogP contribution in [0.3, 0.4) is 0 Å². The first-order valence-electron chi connectivity index (χ1n) is 12.1. The predicted octanol–water partition coefficient (Wildman–Crippen LogP) is 4.68. The van der Waals surface area contributed by atoms with E-state index in [0.29, 0.717) is 35.8 Å². The van der Waals surface area contributed by atoms with Crippen LogP contribution in [0.2, 0.25) is 0 Å². The molecule has 3 heterocycles. The van der Waals surface area contributed by atoms with E-state index in [2.05, 4.69) is 10.2 Å². The fourth-order valence-electron chi connectivity index (χ4n) is 5.10. The Kier molecular flexibility index (Phi) is 6.50. The molecule has 2 saturated heterocycles. The number of furan rings is 1. The topological polar surface area (TPSA) is 109 Å². The fourth-order valence-corrected chi connectivity index (χ4v) is 5.10. The van der Waals surface area contributed by atoms with Crippen molar-refractivity contribution in [3.8, 4) is 0 Å². The molecule has 1 N–H and O–H groups in total. The molecule has 9 nitrogen and oxygen atoms in total. The zero-order valence-corrected chi connectivity index (χ0v) is 19.4. The van der Waals surface area contributed by atoms with E-state index in [4.69, 9.17) is 4.42 Å². The highest BCUT2D eigenvalue weighted by Crippen LogP contribution is 2.33. The van der Waals surface area contributed by atoms with Crippen molar-refractivity contribution in [2.75, 3.05) is 31.5 Å². The molecule has 0 saturated carbocycles. The highest BCUT2D eigenvalue weighted by molar-refractivity contribution is 6.14. The molecule has 1 aromatic heterocycles. The summed E-state index contributed by atoms with van der Waals surface area (Å²) in [5.41, 5.74) is 0.992. The Morgan fingerprint density at radius 1 is 0.943 bits per heavy atom. The van der Waals surface area contributed by atoms with Gasteiger partial charge in [-0.25, -0.2) is 0 Å². The SMILES string of the molecule is O=C(Nc1c(C(=O)N2CCC(N3CCCCC3)CC2)oc2ccccc12)c1ccc([N+](=O)[O-])cc1. The van der Waals surface area contributed by atoms with Crippen molar-refractivity contribution in [2.24, 2.45) is 0 Å². The molecule has 0 bridgehead atoms. The second kappa shape index (κ2) is 9.87. The minimum atomic E-state index is -0.517. The number of nitro benzene ring substituents is 1. The second-order valence-corrected chi connectivity index (χ2v) is 9.18. The normalized spacial score (nSPS) is 17.4. The number of nitrogens with zero attached hydrogens (tertiary/aromatic N) is 3. The molecular formula is C26H28N4O5. The smallest absolute Gasteiger partial charge is 0.291 e. The van der Waals surface area contributed by atoms with Crippen LogP contribution in [0.5, 0.6) is 0 Å². The molecule has 2 aliphatic heterocycles. The molecule has 3 aromatic rings. The van der Waals surface area contributed by atoms with Crippen LogP contribution in [0, 0.1) is 10.1 Å². The van der Waals surface area contributed by atoms with Gasteiger partial charge in [0.05, 0.1) is 4.92 Å². The molecule has 9 heteroatoms. The number of carbonyl (C=O) groups excluding carboxylic acids is 2. The number of nitro groups is 1. The van der Waals surface area contributed by atoms with Crippen molar-refractivity contribution in [1.82, 2.24) is 9.80 Å². The number of amides is 2. The number of rotatable bonds is 5. The first kappa shape index (κ1) is 23.0. The Morgan fingerprint density at radius 3 is 2.31 bits per heavy atom. The van der Waals surface area contributed by atoms with Crippen LogP contribution in [0.15, 0.2) is 52.9 Å². The highest BCUT2D eigenvalue weighted by Gasteiger charge is 2.31. The molecule has 0 unspecified atom stereocenters. The number of nitrogens with one attached hydrogen (secondary N) is 1. The van der Waals surface area contributed by atoms with Gasteiger partial charge in [0, 0.05) is 42.2 Å². The van der Waals surface area contributed by atoms with E-state index in [1.165, 1.54) is 43.5 Å². The van der Waals surface area contributed by atoms with Gasteiger partial charge in [-0.15, -0.1) is 0 Å². The lowest BCUT2D eigenvalue weighted by atomic mass is 9.99. The summed E-state index contributed by atoms with van der Waals surface area (Å²) in [5, 5.41) is 14.4. The van der Waals surface area contributed by atoms with Gasteiger partial charge in [-0.3, -0.25) is 19.7 Å². The number of carbonyl (C=O) groups is 2. The fraction of sp³-hybridized carbons (Fsp3) is 0.385. The molecule has 2 fully saturated rings. The van der Waals surface area contributed by atoms with Gasteiger partial charge in [-0.1, -0.05) is 18.6 Å². The van der Waals surface area contributed by atoms with Gasteiger partial charge in [0.25, 0.3) is 17.5 Å². The van der Waals surface area contributed by atoms with E-state index >= 15 is 0 Å². The average molecular weight is 477 g/mol. The van der Waals surface area contributed by atoms with Gasteiger partial charge >= 0.3 is 0 Å². The first-order chi connectivity index (χ1) is 17.0. The Labute approximate surface area is 202 Å². The molecule has 2 amide bonds. The van der Waals surface area contributed by atoms with Gasteiger partial charge in [-0.05, 0) is 63.0 Å². The number of para-hydroxylation sites is 1. The Balaban J connectivity index is 1.35. The maximum Gasteiger partial charge on any atom is 0.291 e. The molecule has 0 atom stereocenters. The molecular weight excluding hydrogens is 448 g/mol. The number of fused-ring (bicyclic) bond motifs is 1. The van der Waals surface area contributed by atoms with E-state index < -0.39 is 10.8 Å². The van der Waals surface area contributed by atoms with Crippen LogP contribution in [0.25, 0.3) is 11.0 Å². The van der Waals surface area contributed by atoms with Gasteiger partial charge < -0.3 is 19.5 Å². The summed E-state index contributed by atoms with van der Waals surface area (Å²) in [7, 11) is 0. The number of benzene rings is 2. The van der Waals surface area contributed by atoms with E-state index in [-0.39, 0.29) is 22.9 Å². The van der Waals surface area contributed by atoms with Crippen molar-refractivity contribution in [2.45, 2.75) is 38.1 Å². The quantitative estimate of drug-likeness (QED) is 0.423. The zero-order valence-electron chi connectivity index (χ0n) is 19.4. The van der Waals surface area contributed by atoms with Gasteiger partial charge in [0.2, 0.25) is 5.76 Å². The van der Waals surface area contributed by atoms with Crippen molar-refractivity contribution in [3.05, 3.63) is 70.0 Å². The number of hydrogen-bond donors (Lipinski definition) is 1. The summed E-state index contributed by atoms with van der Waals surface area (Å²) in [6.07, 6.45) is 5.65. The Bertz CT molecular complexity index is 1240. The average Bonchev–Trinajstić information content (AvgIpc) is 3.27. The van der Waals surface area contributed by atoms with Crippen LogP contribution < -0.4 is 5.32 Å². The first-order valence-corrected chi connectivity index (χ1v) is 12.1. The molecule has 0 spiro atoms. The van der Waals surface area contributed by atoms with E-state index in [9.17, 15) is 19.7 Å². The van der Waals surface area contributed by atoms with Gasteiger partial charge in [0.15, 0.2) is 0 Å². The largest absolute Gasteiger partial charge is 0.449 e. The molecule has 182 valence electrons. The van der Waals surface area contributed by atoms with Crippen LogP contribution in [-0.2, 0) is 0 Å². The van der Waals surface area contributed by atoms with Crippen molar-refractivity contribution >= 4 is 34.2 Å². The predicted molar refractivity (Wildman–Crippen MR) is 132 cm³/mol. The van der Waals surface area contributed by atoms with Crippen LogP contribution >= 0.6 is 0 Å². The number of piperidine rings is 2. The summed E-state index contributed by atoms with van der Waals surface area (Å²) in [5.74, 6) is -0.598. The Morgan fingerprint density at radius 2 is 1.63 bits per heavy atom. The lowest BCUT2D eigenvalue weighted by molar-refractivity contribution is -0.384. The van der Waals surface area contributed by atoms with E-state index in [1.54, 1.807) is 17.0 Å². The summed E-state index contributed by atoms with van der Waals surface area (Å²) in [6.45, 7) is 3.57. The van der Waals surface area contributed by atoms with Crippen LogP contribution in [-0.4, -0.2) is 58.8 Å². The van der Waals surface area contributed by atoms with Crippen LogP contribution in [0.4, 0.5) is 11.4 Å². The van der Waals surface area contributed by atoms with Gasteiger partial charge in [-0.2, -0.15) is 0 Å². The second-order valence-electron chi connectivity index (χ2n) is 9.18. The van der Waals surface area contributed by atoms with Gasteiger partial charge in [0.1, 0.15) is 11.3 Å². The molecule has 2 aromatic carbocycles. The molecule has 5 rings (SSSR count). The van der Waals surface area contributed by atoms with E-state index in [0.717, 1.165) is 25.9 Å². The maximum absolute atomic E-state index is 13.5. The third kappa shape index (κ3) is 4.77. The summed E-state index contributed by atoms with van der Waals surface area (Å²) >= 11 is 0. The minimum absolute atomic E-state index is 0.0980. The molecule has 0 aliphatic carbocycles. The monoisotopic (exact) mass is 476 g/mol. The minimum Gasteiger partial charge on any atom is -0.449 e. The summed E-state index contributed by atoms with van der Waals surface area (Å²) in [6, 6.07) is 13.0. The van der Waals surface area contributed by atoms with Crippen molar-refractivity contribution < 1.29 is 18.9 Å². The number of hydrogen-bond acceptors (Lipinski definition) is 6. The lowest BCUT2D eigenvalue weighted by Gasteiger charge is -2.40. The number of anilines is 1. The lowest BCUT2D eigenvalue weighted by Crippen LogP contribution is -2.48.